The number of sulfonamides is 1. The Labute approximate surface area is 158 Å². The second-order valence-electron chi connectivity index (χ2n) is 6.26. The smallest absolute Gasteiger partial charge is 0.244 e. The number of nitrogens with one attached hydrogen (secondary N) is 1. The molecule has 1 atom stereocenters. The zero-order chi connectivity index (χ0) is 18.6. The largest absolute Gasteiger partial charge is 0.387 e. The van der Waals surface area contributed by atoms with E-state index in [-0.39, 0.29) is 11.4 Å². The molecule has 2 heterocycles. The monoisotopic (exact) mass is 395 g/mol. The van der Waals surface area contributed by atoms with Crippen molar-refractivity contribution in [2.45, 2.75) is 30.3 Å². The van der Waals surface area contributed by atoms with Gasteiger partial charge in [0.1, 0.15) is 10.7 Å². The second kappa shape index (κ2) is 8.35. The Bertz CT molecular complexity index is 837. The lowest BCUT2D eigenvalue weighted by atomic mass is 10.1. The van der Waals surface area contributed by atoms with Crippen molar-refractivity contribution < 1.29 is 13.5 Å². The molecule has 1 aliphatic rings. The molecule has 0 amide bonds. The summed E-state index contributed by atoms with van der Waals surface area (Å²) in [6.07, 6.45) is 3.43. The summed E-state index contributed by atoms with van der Waals surface area (Å²) >= 11 is 6.07. The Morgan fingerprint density at radius 2 is 1.88 bits per heavy atom. The summed E-state index contributed by atoms with van der Waals surface area (Å²) in [5.41, 5.74) is 0.631. The van der Waals surface area contributed by atoms with Crippen molar-refractivity contribution in [1.29, 1.82) is 0 Å². The molecule has 140 valence electrons. The van der Waals surface area contributed by atoms with Gasteiger partial charge < -0.3 is 10.4 Å². The third-order valence-electron chi connectivity index (χ3n) is 4.43. The first kappa shape index (κ1) is 19.1. The van der Waals surface area contributed by atoms with Crippen LogP contribution in [0, 0.1) is 0 Å². The predicted molar refractivity (Wildman–Crippen MR) is 102 cm³/mol. The number of hydrogen-bond donors (Lipinski definition) is 2. The number of rotatable bonds is 6. The first-order chi connectivity index (χ1) is 12.5. The van der Waals surface area contributed by atoms with Gasteiger partial charge in [0, 0.05) is 36.4 Å². The highest BCUT2D eigenvalue weighted by Crippen LogP contribution is 2.23. The van der Waals surface area contributed by atoms with Crippen molar-refractivity contribution >= 4 is 27.4 Å². The zero-order valence-corrected chi connectivity index (χ0v) is 15.9. The lowest BCUT2D eigenvalue weighted by Crippen LogP contribution is -2.35. The van der Waals surface area contributed by atoms with Crippen LogP contribution in [0.2, 0.25) is 5.02 Å². The van der Waals surface area contributed by atoms with Crippen molar-refractivity contribution in [3.63, 3.8) is 0 Å². The maximum atomic E-state index is 12.6. The third-order valence-corrected chi connectivity index (χ3v) is 6.66. The number of nitrogens with zero attached hydrogens (tertiary/aromatic N) is 2. The highest BCUT2D eigenvalue weighted by atomic mass is 35.5. The van der Waals surface area contributed by atoms with Gasteiger partial charge in [-0.25, -0.2) is 13.4 Å². The molecule has 0 aliphatic carbocycles. The summed E-state index contributed by atoms with van der Waals surface area (Å²) in [6, 6.07) is 10.2. The number of piperidine rings is 1. The van der Waals surface area contributed by atoms with E-state index in [1.54, 1.807) is 30.3 Å². The van der Waals surface area contributed by atoms with Gasteiger partial charge in [0.25, 0.3) is 0 Å². The molecule has 1 aromatic carbocycles. The molecule has 2 aromatic rings. The van der Waals surface area contributed by atoms with Crippen LogP contribution in [-0.2, 0) is 10.0 Å². The number of hydrogen-bond acceptors (Lipinski definition) is 5. The van der Waals surface area contributed by atoms with Crippen molar-refractivity contribution in [3.8, 4) is 0 Å². The minimum absolute atomic E-state index is 0.191. The molecule has 0 saturated carbocycles. The number of aliphatic hydroxyl groups is 1. The van der Waals surface area contributed by atoms with E-state index in [4.69, 9.17) is 11.6 Å². The summed E-state index contributed by atoms with van der Waals surface area (Å²) < 4.78 is 26.7. The van der Waals surface area contributed by atoms with Gasteiger partial charge in [0.05, 0.1) is 6.10 Å². The molecule has 0 radical (unpaired) electrons. The Balaban J connectivity index is 1.63. The molecule has 1 saturated heterocycles. The molecule has 8 heteroatoms. The first-order valence-corrected chi connectivity index (χ1v) is 10.4. The highest BCUT2D eigenvalue weighted by Gasteiger charge is 2.26. The van der Waals surface area contributed by atoms with Crippen LogP contribution in [0.5, 0.6) is 0 Å². The molecule has 26 heavy (non-hydrogen) atoms. The molecule has 2 N–H and O–H groups in total. The fourth-order valence-corrected chi connectivity index (χ4v) is 4.67. The molecule has 1 aromatic heterocycles. The predicted octanol–water partition coefficient (Wildman–Crippen LogP) is 3.06. The third kappa shape index (κ3) is 4.35. The van der Waals surface area contributed by atoms with Crippen molar-refractivity contribution in [2.24, 2.45) is 0 Å². The molecule has 1 fully saturated rings. The average molecular weight is 396 g/mol. The van der Waals surface area contributed by atoms with Crippen LogP contribution in [0.4, 0.5) is 5.82 Å². The number of benzene rings is 1. The molecule has 1 unspecified atom stereocenters. The average Bonchev–Trinajstić information content (AvgIpc) is 2.67. The fraction of sp³-hybridized carbons (Fsp3) is 0.389. The molecular formula is C18H22ClN3O3S. The van der Waals surface area contributed by atoms with E-state index in [0.717, 1.165) is 19.3 Å². The fourth-order valence-electron chi connectivity index (χ4n) is 2.95. The zero-order valence-electron chi connectivity index (χ0n) is 14.3. The van der Waals surface area contributed by atoms with Crippen LogP contribution in [0.1, 0.15) is 30.9 Å². The van der Waals surface area contributed by atoms with Crippen LogP contribution in [0.25, 0.3) is 0 Å². The molecule has 1 aliphatic heterocycles. The van der Waals surface area contributed by atoms with Crippen LogP contribution in [0.15, 0.2) is 47.5 Å². The van der Waals surface area contributed by atoms with Crippen molar-refractivity contribution in [3.05, 3.63) is 53.2 Å². The molecule has 6 nitrogen and oxygen atoms in total. The van der Waals surface area contributed by atoms with Crippen molar-refractivity contribution in [2.75, 3.05) is 25.0 Å². The van der Waals surface area contributed by atoms with Gasteiger partial charge in [-0.1, -0.05) is 36.2 Å². The van der Waals surface area contributed by atoms with Crippen molar-refractivity contribution in [1.82, 2.24) is 9.29 Å². The first-order valence-electron chi connectivity index (χ1n) is 8.61. The minimum atomic E-state index is -3.48. The van der Waals surface area contributed by atoms with Crippen LogP contribution >= 0.6 is 11.6 Å². The van der Waals surface area contributed by atoms with E-state index < -0.39 is 16.1 Å². The summed E-state index contributed by atoms with van der Waals surface area (Å²) in [4.78, 5) is 4.36. The Hall–Kier alpha value is -1.67. The summed E-state index contributed by atoms with van der Waals surface area (Å²) in [5, 5.41) is 13.7. The van der Waals surface area contributed by atoms with Crippen LogP contribution in [-0.4, -0.2) is 42.4 Å². The van der Waals surface area contributed by atoms with E-state index in [1.807, 2.05) is 6.07 Å². The topological polar surface area (TPSA) is 82.5 Å². The summed E-state index contributed by atoms with van der Waals surface area (Å²) in [5.74, 6) is 0.494. The maximum absolute atomic E-state index is 12.6. The number of aliphatic hydroxyl groups excluding tert-OH is 1. The van der Waals surface area contributed by atoms with Gasteiger partial charge >= 0.3 is 0 Å². The minimum Gasteiger partial charge on any atom is -0.387 e. The van der Waals surface area contributed by atoms with Gasteiger partial charge in [-0.15, -0.1) is 0 Å². The van der Waals surface area contributed by atoms with Gasteiger partial charge in [-0.05, 0) is 31.0 Å². The maximum Gasteiger partial charge on any atom is 0.244 e. The quantitative estimate of drug-likeness (QED) is 0.785. The number of anilines is 1. The van der Waals surface area contributed by atoms with Gasteiger partial charge in [-0.2, -0.15) is 4.31 Å². The van der Waals surface area contributed by atoms with Gasteiger partial charge in [-0.3, -0.25) is 0 Å². The Morgan fingerprint density at radius 1 is 1.15 bits per heavy atom. The second-order valence-corrected chi connectivity index (χ2v) is 8.61. The lowest BCUT2D eigenvalue weighted by molar-refractivity contribution is 0.191. The normalized spacial score (nSPS) is 17.0. The molecule has 3 rings (SSSR count). The van der Waals surface area contributed by atoms with E-state index in [2.05, 4.69) is 10.3 Å². The van der Waals surface area contributed by atoms with E-state index >= 15 is 0 Å². The molecular weight excluding hydrogens is 374 g/mol. The Morgan fingerprint density at radius 3 is 2.54 bits per heavy atom. The van der Waals surface area contributed by atoms with E-state index in [9.17, 15) is 13.5 Å². The number of halogens is 1. The Kier molecular flexibility index (Phi) is 6.13. The van der Waals surface area contributed by atoms with Crippen LogP contribution in [0.3, 0.4) is 0 Å². The lowest BCUT2D eigenvalue weighted by Gasteiger charge is -2.25. The number of pyridine rings is 1. The highest BCUT2D eigenvalue weighted by molar-refractivity contribution is 7.89. The number of aromatic nitrogens is 1. The molecule has 0 bridgehead atoms. The molecule has 0 spiro atoms. The van der Waals surface area contributed by atoms with E-state index in [1.165, 1.54) is 10.5 Å². The van der Waals surface area contributed by atoms with Gasteiger partial charge in [0.15, 0.2) is 0 Å². The summed E-state index contributed by atoms with van der Waals surface area (Å²) in [6.45, 7) is 1.34. The van der Waals surface area contributed by atoms with E-state index in [0.29, 0.717) is 29.5 Å². The standard InChI is InChI=1S/C18H22ClN3O3S/c19-16-7-3-2-6-15(16)17(23)13-21-18-9-8-14(12-20-18)26(24,25)22-10-4-1-5-11-22/h2-3,6-9,12,17,23H,1,4-5,10-11,13H2,(H,20,21). The SMILES string of the molecule is O=S(=O)(c1ccc(NCC(O)c2ccccc2Cl)nc1)N1CCCCC1. The summed E-state index contributed by atoms with van der Waals surface area (Å²) in [7, 11) is -3.48. The van der Waals surface area contributed by atoms with Crippen LogP contribution < -0.4 is 5.32 Å². The van der Waals surface area contributed by atoms with Gasteiger partial charge in [0.2, 0.25) is 10.0 Å².